The van der Waals surface area contributed by atoms with Gasteiger partial charge in [0.2, 0.25) is 0 Å². The molecule has 0 aliphatic carbocycles. The first-order chi connectivity index (χ1) is 41.0. The third-order valence-corrected chi connectivity index (χ3v) is 15.0. The minimum Gasteiger partial charge on any atom is -0.462 e. The molecule has 0 N–H and O–H groups in total. The number of hydrogen-bond donors (Lipinski definition) is 0. The van der Waals surface area contributed by atoms with Crippen molar-refractivity contribution in [3.8, 4) is 0 Å². The predicted octanol–water partition coefficient (Wildman–Crippen LogP) is 24.3. The first-order valence-electron chi connectivity index (χ1n) is 35.0. The molecule has 83 heavy (non-hydrogen) atoms. The van der Waals surface area contributed by atoms with Gasteiger partial charge in [0.15, 0.2) is 6.10 Å². The number of hydrogen-bond acceptors (Lipinski definition) is 6. The zero-order chi connectivity index (χ0) is 59.9. The van der Waals surface area contributed by atoms with Crippen molar-refractivity contribution in [3.05, 3.63) is 122 Å². The molecule has 0 heterocycles. The summed E-state index contributed by atoms with van der Waals surface area (Å²) in [5, 5.41) is 0. The smallest absolute Gasteiger partial charge is 0.306 e. The summed E-state index contributed by atoms with van der Waals surface area (Å²) >= 11 is 0. The third-order valence-electron chi connectivity index (χ3n) is 15.0. The van der Waals surface area contributed by atoms with Gasteiger partial charge in [0.1, 0.15) is 13.2 Å². The van der Waals surface area contributed by atoms with E-state index in [1.807, 2.05) is 0 Å². The fraction of sp³-hybridized carbons (Fsp3) is 0.701. The van der Waals surface area contributed by atoms with E-state index in [9.17, 15) is 14.4 Å². The summed E-state index contributed by atoms with van der Waals surface area (Å²) in [6.07, 6.45) is 97.9. The maximum Gasteiger partial charge on any atom is 0.306 e. The normalized spacial score (nSPS) is 12.9. The first kappa shape index (κ1) is 78.8. The van der Waals surface area contributed by atoms with Crippen molar-refractivity contribution in [1.82, 2.24) is 0 Å². The summed E-state index contributed by atoms with van der Waals surface area (Å²) in [6, 6.07) is 0. The van der Waals surface area contributed by atoms with Crippen LogP contribution in [-0.2, 0) is 28.6 Å². The second-order valence-corrected chi connectivity index (χ2v) is 23.1. The van der Waals surface area contributed by atoms with Crippen LogP contribution in [0.5, 0.6) is 0 Å². The molecule has 0 aliphatic heterocycles. The van der Waals surface area contributed by atoms with Crippen LogP contribution in [0.3, 0.4) is 0 Å². The number of allylic oxidation sites excluding steroid dienone is 20. The van der Waals surface area contributed by atoms with E-state index < -0.39 is 6.10 Å². The second-order valence-electron chi connectivity index (χ2n) is 23.1. The quantitative estimate of drug-likeness (QED) is 0.0261. The Hall–Kier alpha value is -4.19. The molecular weight excluding hydrogens is 1020 g/mol. The van der Waals surface area contributed by atoms with Gasteiger partial charge >= 0.3 is 17.9 Å². The summed E-state index contributed by atoms with van der Waals surface area (Å²) in [7, 11) is 0. The predicted molar refractivity (Wildman–Crippen MR) is 362 cm³/mol. The SMILES string of the molecule is CC/C=C\C/C=C\C/C=C\C/C=C\C/C=C\C/C=C\C/C=C\C/C=C\C/C=C\CCCCCCCCCC(=O)OCC(COC(=O)CCCCCCCCCCCCCCCC)OC(=O)CCCCCCC/C=C\CCCCCCCCC. The van der Waals surface area contributed by atoms with Crippen molar-refractivity contribution in [2.45, 2.75) is 335 Å². The van der Waals surface area contributed by atoms with Crippen LogP contribution in [0.4, 0.5) is 0 Å². The molecule has 0 aromatic rings. The van der Waals surface area contributed by atoms with E-state index in [4.69, 9.17) is 14.2 Å². The summed E-state index contributed by atoms with van der Waals surface area (Å²) < 4.78 is 16.9. The number of unbranched alkanes of at least 4 members (excludes halogenated alkanes) is 32. The molecule has 0 saturated carbocycles. The summed E-state index contributed by atoms with van der Waals surface area (Å²) in [4.78, 5) is 38.4. The van der Waals surface area contributed by atoms with E-state index in [0.29, 0.717) is 19.3 Å². The van der Waals surface area contributed by atoms with Crippen molar-refractivity contribution in [1.29, 1.82) is 0 Å². The van der Waals surface area contributed by atoms with E-state index >= 15 is 0 Å². The van der Waals surface area contributed by atoms with Gasteiger partial charge in [-0.15, -0.1) is 0 Å². The van der Waals surface area contributed by atoms with Gasteiger partial charge in [-0.2, -0.15) is 0 Å². The fourth-order valence-electron chi connectivity index (χ4n) is 9.73. The monoisotopic (exact) mass is 1150 g/mol. The maximum atomic E-state index is 12.9. The van der Waals surface area contributed by atoms with Crippen LogP contribution in [-0.4, -0.2) is 37.2 Å². The molecule has 0 bridgehead atoms. The van der Waals surface area contributed by atoms with Crippen molar-refractivity contribution in [2.24, 2.45) is 0 Å². The number of esters is 3. The Morgan fingerprint density at radius 3 is 0.747 bits per heavy atom. The van der Waals surface area contributed by atoms with Gasteiger partial charge in [0.25, 0.3) is 0 Å². The van der Waals surface area contributed by atoms with E-state index in [-0.39, 0.29) is 31.1 Å². The lowest BCUT2D eigenvalue weighted by Gasteiger charge is -2.18. The second kappa shape index (κ2) is 70.3. The van der Waals surface area contributed by atoms with Crippen molar-refractivity contribution < 1.29 is 28.6 Å². The van der Waals surface area contributed by atoms with Crippen molar-refractivity contribution >= 4 is 17.9 Å². The van der Waals surface area contributed by atoms with E-state index in [0.717, 1.165) is 135 Å². The minimum atomic E-state index is -0.788. The van der Waals surface area contributed by atoms with Gasteiger partial charge in [-0.25, -0.2) is 0 Å². The highest BCUT2D eigenvalue weighted by atomic mass is 16.6. The topological polar surface area (TPSA) is 78.9 Å². The van der Waals surface area contributed by atoms with Crippen LogP contribution >= 0.6 is 0 Å². The molecule has 6 nitrogen and oxygen atoms in total. The van der Waals surface area contributed by atoms with E-state index in [1.165, 1.54) is 154 Å². The van der Waals surface area contributed by atoms with Crippen LogP contribution in [0, 0.1) is 0 Å². The Morgan fingerprint density at radius 1 is 0.253 bits per heavy atom. The number of carbonyl (C=O) groups is 3. The summed E-state index contributed by atoms with van der Waals surface area (Å²) in [5.41, 5.74) is 0. The van der Waals surface area contributed by atoms with Crippen LogP contribution in [0.1, 0.15) is 329 Å². The van der Waals surface area contributed by atoms with Crippen LogP contribution in [0.15, 0.2) is 122 Å². The fourth-order valence-corrected chi connectivity index (χ4v) is 9.73. The van der Waals surface area contributed by atoms with Gasteiger partial charge in [0.05, 0.1) is 0 Å². The number of carbonyl (C=O) groups excluding carboxylic acids is 3. The maximum absolute atomic E-state index is 12.9. The molecule has 0 aliphatic rings. The average molecular weight is 1150 g/mol. The number of ether oxygens (including phenoxy) is 3. The molecule has 0 rings (SSSR count). The lowest BCUT2D eigenvalue weighted by molar-refractivity contribution is -0.167. The lowest BCUT2D eigenvalue weighted by atomic mass is 10.0. The van der Waals surface area contributed by atoms with E-state index in [1.54, 1.807) is 0 Å². The van der Waals surface area contributed by atoms with Gasteiger partial charge in [0, 0.05) is 19.3 Å². The molecule has 0 radical (unpaired) electrons. The highest BCUT2D eigenvalue weighted by molar-refractivity contribution is 5.71. The molecule has 0 aromatic heterocycles. The molecular formula is C77H130O6. The molecule has 1 unspecified atom stereocenters. The van der Waals surface area contributed by atoms with Gasteiger partial charge in [-0.1, -0.05) is 316 Å². The lowest BCUT2D eigenvalue weighted by Crippen LogP contribution is -2.30. The molecule has 6 heteroatoms. The Balaban J connectivity index is 4.28. The standard InChI is InChI=1S/C77H130O6/c1-4-7-10-13-16-19-22-25-28-30-31-32-33-34-35-36-37-38-39-40-41-42-43-44-45-46-47-48-50-52-55-58-61-64-67-70-76(79)82-73-74(72-81-75(78)69-66-63-60-57-54-51-27-24-21-18-15-12-9-6-3)83-77(80)71-68-65-62-59-56-53-49-29-26-23-20-17-14-11-8-5-2/h7,10,16,19,25,28-29,31-32,34-35,37-38,40-41,43-44,46-47,49,74H,4-6,8-9,11-15,17-18,20-24,26-27,30,33,36,39,42,45,48,50-73H2,1-3H3/b10-7-,19-16-,28-25-,32-31-,35-34-,38-37-,41-40-,44-43-,47-46-,49-29-. The Morgan fingerprint density at radius 2 is 0.470 bits per heavy atom. The Labute approximate surface area is 513 Å². The van der Waals surface area contributed by atoms with Crippen molar-refractivity contribution in [2.75, 3.05) is 13.2 Å². The highest BCUT2D eigenvalue weighted by Gasteiger charge is 2.19. The molecule has 0 fully saturated rings. The largest absolute Gasteiger partial charge is 0.462 e. The first-order valence-corrected chi connectivity index (χ1v) is 35.0. The third kappa shape index (κ3) is 68.5. The van der Waals surface area contributed by atoms with Gasteiger partial charge in [-0.05, 0) is 116 Å². The molecule has 0 saturated heterocycles. The summed E-state index contributed by atoms with van der Waals surface area (Å²) in [6.45, 7) is 6.54. The van der Waals surface area contributed by atoms with Crippen LogP contribution in [0.25, 0.3) is 0 Å². The highest BCUT2D eigenvalue weighted by Crippen LogP contribution is 2.16. The number of rotatable bonds is 63. The van der Waals surface area contributed by atoms with Gasteiger partial charge < -0.3 is 14.2 Å². The average Bonchev–Trinajstić information content (AvgIpc) is 3.49. The minimum absolute atomic E-state index is 0.0824. The molecule has 0 aromatic carbocycles. The van der Waals surface area contributed by atoms with Crippen LogP contribution < -0.4 is 0 Å². The Kier molecular flexibility index (Phi) is 66.7. The molecule has 0 amide bonds. The zero-order valence-electron chi connectivity index (χ0n) is 54.4. The molecule has 0 spiro atoms. The van der Waals surface area contributed by atoms with Crippen LogP contribution in [0.2, 0.25) is 0 Å². The Bertz CT molecular complexity index is 1700. The van der Waals surface area contributed by atoms with Gasteiger partial charge in [-0.3, -0.25) is 14.4 Å². The molecule has 1 atom stereocenters. The zero-order valence-corrected chi connectivity index (χ0v) is 54.4. The summed E-state index contributed by atoms with van der Waals surface area (Å²) in [5.74, 6) is -0.891. The molecule has 474 valence electrons. The van der Waals surface area contributed by atoms with E-state index in [2.05, 4.69) is 142 Å². The van der Waals surface area contributed by atoms with Crippen molar-refractivity contribution in [3.63, 3.8) is 0 Å².